The molecule has 0 spiro atoms. The lowest BCUT2D eigenvalue weighted by molar-refractivity contribution is -0.116. The number of benzene rings is 1. The highest BCUT2D eigenvalue weighted by molar-refractivity contribution is 6.62. The van der Waals surface area contributed by atoms with Gasteiger partial charge in [0.25, 0.3) is 6.43 Å². The fourth-order valence-electron chi connectivity index (χ4n) is 4.51. The molecule has 1 aromatic heterocycles. The Morgan fingerprint density at radius 3 is 2.37 bits per heavy atom. The van der Waals surface area contributed by atoms with Gasteiger partial charge in [-0.05, 0) is 51.7 Å². The second-order valence-corrected chi connectivity index (χ2v) is 10.5. The van der Waals surface area contributed by atoms with E-state index in [1.165, 1.54) is 28.8 Å². The molecule has 1 aliphatic heterocycles. The standard InChI is InChI=1S/C24H32BF3N4O3/c1-15(33)32(13-17(16-7-6-8-16)12-31-14-21(22(27)28)29-30-31)18-9-10-19(20(26)11-18)25-34-23(2,3)24(4,5)35-25/h9-11,14,16-17,22H,6-8,12-13H2,1-5H3. The van der Waals surface area contributed by atoms with E-state index in [1.807, 2.05) is 27.7 Å². The van der Waals surface area contributed by atoms with Gasteiger partial charge in [0, 0.05) is 31.2 Å². The number of carbonyl (C=O) groups excluding carboxylic acids is 1. The first-order valence-corrected chi connectivity index (χ1v) is 12.0. The number of halogens is 3. The Labute approximate surface area is 204 Å². The topological polar surface area (TPSA) is 69.5 Å². The molecule has 1 amide bonds. The van der Waals surface area contributed by atoms with Crippen molar-refractivity contribution in [2.75, 3.05) is 11.4 Å². The van der Waals surface area contributed by atoms with Crippen LogP contribution < -0.4 is 10.4 Å². The Balaban J connectivity index is 1.54. The summed E-state index contributed by atoms with van der Waals surface area (Å²) in [7, 11) is -0.848. The minimum absolute atomic E-state index is 0.0364. The summed E-state index contributed by atoms with van der Waals surface area (Å²) >= 11 is 0. The van der Waals surface area contributed by atoms with Crippen molar-refractivity contribution in [1.29, 1.82) is 0 Å². The second kappa shape index (κ2) is 9.57. The van der Waals surface area contributed by atoms with E-state index in [-0.39, 0.29) is 23.0 Å². The highest BCUT2D eigenvalue weighted by Crippen LogP contribution is 2.38. The molecule has 2 aliphatic rings. The first-order valence-electron chi connectivity index (χ1n) is 12.0. The molecule has 1 aromatic carbocycles. The number of aromatic nitrogens is 3. The summed E-state index contributed by atoms with van der Waals surface area (Å²) in [6.07, 6.45) is 1.61. The molecule has 2 fully saturated rings. The van der Waals surface area contributed by atoms with Crippen LogP contribution in [0.5, 0.6) is 0 Å². The van der Waals surface area contributed by atoms with E-state index in [2.05, 4.69) is 10.3 Å². The minimum Gasteiger partial charge on any atom is -0.399 e. The predicted octanol–water partition coefficient (Wildman–Crippen LogP) is 4.12. The molecule has 2 heterocycles. The summed E-state index contributed by atoms with van der Waals surface area (Å²) in [6, 6.07) is 4.60. The summed E-state index contributed by atoms with van der Waals surface area (Å²) in [5.41, 5.74) is -0.882. The number of hydrogen-bond donors (Lipinski definition) is 0. The van der Waals surface area contributed by atoms with Crippen LogP contribution >= 0.6 is 0 Å². The summed E-state index contributed by atoms with van der Waals surface area (Å²) in [5, 5.41) is 7.36. The van der Waals surface area contributed by atoms with E-state index in [9.17, 15) is 13.6 Å². The van der Waals surface area contributed by atoms with E-state index in [4.69, 9.17) is 9.31 Å². The van der Waals surface area contributed by atoms with Gasteiger partial charge in [-0.3, -0.25) is 9.48 Å². The molecular formula is C24H32BF3N4O3. The van der Waals surface area contributed by atoms with Crippen LogP contribution in [0.15, 0.2) is 24.4 Å². The third kappa shape index (κ3) is 5.25. The van der Waals surface area contributed by atoms with Gasteiger partial charge < -0.3 is 14.2 Å². The smallest absolute Gasteiger partial charge is 0.399 e. The average molecular weight is 492 g/mol. The third-order valence-electron chi connectivity index (χ3n) is 7.62. The van der Waals surface area contributed by atoms with Crippen molar-refractivity contribution in [2.45, 2.75) is 78.1 Å². The maximum atomic E-state index is 15.2. The molecule has 2 aromatic rings. The first-order chi connectivity index (χ1) is 16.4. The fourth-order valence-corrected chi connectivity index (χ4v) is 4.51. The highest BCUT2D eigenvalue weighted by Gasteiger charge is 2.52. The third-order valence-corrected chi connectivity index (χ3v) is 7.62. The summed E-state index contributed by atoms with van der Waals surface area (Å²) in [6.45, 7) is 9.70. The van der Waals surface area contributed by atoms with Gasteiger partial charge in [-0.1, -0.05) is 30.5 Å². The number of amides is 1. The van der Waals surface area contributed by atoms with Crippen LogP contribution in [0.2, 0.25) is 0 Å². The van der Waals surface area contributed by atoms with Gasteiger partial charge in [-0.15, -0.1) is 5.10 Å². The van der Waals surface area contributed by atoms with Gasteiger partial charge in [-0.25, -0.2) is 13.2 Å². The Morgan fingerprint density at radius 2 is 1.89 bits per heavy atom. The number of rotatable bonds is 8. The molecule has 35 heavy (non-hydrogen) atoms. The molecule has 11 heteroatoms. The van der Waals surface area contributed by atoms with Crippen molar-refractivity contribution >= 4 is 24.2 Å². The fraction of sp³-hybridized carbons (Fsp3) is 0.625. The normalized spacial score (nSPS) is 20.2. The van der Waals surface area contributed by atoms with Crippen molar-refractivity contribution < 1.29 is 27.3 Å². The zero-order valence-corrected chi connectivity index (χ0v) is 20.8. The van der Waals surface area contributed by atoms with Gasteiger partial charge >= 0.3 is 7.12 Å². The van der Waals surface area contributed by atoms with Gasteiger partial charge in [-0.2, -0.15) is 0 Å². The van der Waals surface area contributed by atoms with Crippen LogP contribution in [0.25, 0.3) is 0 Å². The zero-order valence-electron chi connectivity index (χ0n) is 20.8. The van der Waals surface area contributed by atoms with Crippen LogP contribution in [0.3, 0.4) is 0 Å². The van der Waals surface area contributed by atoms with Gasteiger partial charge in [0.05, 0.1) is 17.4 Å². The summed E-state index contributed by atoms with van der Waals surface area (Å²) in [4.78, 5) is 14.1. The van der Waals surface area contributed by atoms with Crippen molar-refractivity contribution in [2.24, 2.45) is 11.8 Å². The number of hydrogen-bond acceptors (Lipinski definition) is 5. The Hall–Kier alpha value is -2.40. The molecule has 0 N–H and O–H groups in total. The number of alkyl halides is 2. The molecule has 1 saturated heterocycles. The van der Waals surface area contributed by atoms with Crippen LogP contribution in [0.1, 0.15) is 66.0 Å². The summed E-state index contributed by atoms with van der Waals surface area (Å²) in [5.74, 6) is -0.468. The van der Waals surface area contributed by atoms with E-state index in [0.29, 0.717) is 24.7 Å². The maximum absolute atomic E-state index is 15.2. The first kappa shape index (κ1) is 25.7. The molecule has 1 saturated carbocycles. The molecule has 0 bridgehead atoms. The van der Waals surface area contributed by atoms with Crippen LogP contribution in [0, 0.1) is 17.7 Å². The maximum Gasteiger partial charge on any atom is 0.497 e. The van der Waals surface area contributed by atoms with E-state index < -0.39 is 30.6 Å². The lowest BCUT2D eigenvalue weighted by Gasteiger charge is -2.37. The molecule has 1 atom stereocenters. The van der Waals surface area contributed by atoms with Crippen molar-refractivity contribution in [3.8, 4) is 0 Å². The second-order valence-electron chi connectivity index (χ2n) is 10.5. The lowest BCUT2D eigenvalue weighted by atomic mass is 9.75. The summed E-state index contributed by atoms with van der Waals surface area (Å²) < 4.78 is 54.5. The Bertz CT molecular complexity index is 1060. The quantitative estimate of drug-likeness (QED) is 0.519. The SMILES string of the molecule is CC(=O)N(CC(Cn1cc(C(F)F)nn1)C1CCC1)c1ccc(B2OC(C)(C)C(C)(C)O2)c(F)c1. The number of nitrogens with zero attached hydrogens (tertiary/aromatic N) is 4. The van der Waals surface area contributed by atoms with Gasteiger partial charge in [0.2, 0.25) is 5.91 Å². The molecule has 0 radical (unpaired) electrons. The molecule has 7 nitrogen and oxygen atoms in total. The molecular weight excluding hydrogens is 460 g/mol. The number of carbonyl (C=O) groups is 1. The van der Waals surface area contributed by atoms with E-state index in [1.54, 1.807) is 12.1 Å². The Kier molecular flexibility index (Phi) is 7.03. The largest absolute Gasteiger partial charge is 0.497 e. The molecule has 1 unspecified atom stereocenters. The van der Waals surface area contributed by atoms with E-state index >= 15 is 4.39 Å². The number of anilines is 1. The zero-order chi connectivity index (χ0) is 25.5. The van der Waals surface area contributed by atoms with Crippen LogP contribution in [-0.4, -0.2) is 45.8 Å². The van der Waals surface area contributed by atoms with E-state index in [0.717, 1.165) is 19.3 Å². The van der Waals surface area contributed by atoms with Gasteiger partial charge in [0.15, 0.2) is 0 Å². The van der Waals surface area contributed by atoms with Crippen molar-refractivity contribution in [3.05, 3.63) is 35.9 Å². The van der Waals surface area contributed by atoms with Gasteiger partial charge in [0.1, 0.15) is 11.5 Å². The monoisotopic (exact) mass is 492 g/mol. The lowest BCUT2D eigenvalue weighted by Crippen LogP contribution is -2.41. The molecule has 1 aliphatic carbocycles. The Morgan fingerprint density at radius 1 is 1.23 bits per heavy atom. The van der Waals surface area contributed by atoms with Crippen LogP contribution in [0.4, 0.5) is 18.9 Å². The van der Waals surface area contributed by atoms with Crippen molar-refractivity contribution in [1.82, 2.24) is 15.0 Å². The predicted molar refractivity (Wildman–Crippen MR) is 126 cm³/mol. The molecule has 190 valence electrons. The molecule has 4 rings (SSSR count). The van der Waals surface area contributed by atoms with Crippen LogP contribution in [-0.2, 0) is 20.6 Å². The van der Waals surface area contributed by atoms with Crippen molar-refractivity contribution in [3.63, 3.8) is 0 Å². The highest BCUT2D eigenvalue weighted by atomic mass is 19.3. The average Bonchev–Trinajstić information content (AvgIpc) is 3.26. The minimum atomic E-state index is -2.69.